The summed E-state index contributed by atoms with van der Waals surface area (Å²) in [4.78, 5) is 25.4. The standard InChI is InChI=1S/C17H23ClN2O4/c1-12(21)20(13-5-6-16(23-2)15(18)10-13)8-7-17(22)19-11-14-4-3-9-24-14/h5-6,10,14H,3-4,7-9,11H2,1-2H3,(H,19,22). The molecule has 0 saturated carbocycles. The zero-order chi connectivity index (χ0) is 17.5. The van der Waals surface area contributed by atoms with Crippen LogP contribution in [0.25, 0.3) is 0 Å². The second-order valence-corrected chi connectivity index (χ2v) is 6.09. The van der Waals surface area contributed by atoms with Crippen LogP contribution in [0.5, 0.6) is 5.75 Å². The third-order valence-corrected chi connectivity index (χ3v) is 4.24. The first-order valence-electron chi connectivity index (χ1n) is 8.01. The Morgan fingerprint density at radius 2 is 2.25 bits per heavy atom. The quantitative estimate of drug-likeness (QED) is 0.816. The van der Waals surface area contributed by atoms with Gasteiger partial charge in [-0.15, -0.1) is 0 Å². The number of nitrogens with zero attached hydrogens (tertiary/aromatic N) is 1. The molecular weight excluding hydrogens is 332 g/mol. The summed E-state index contributed by atoms with van der Waals surface area (Å²) in [6, 6.07) is 5.10. The lowest BCUT2D eigenvalue weighted by atomic mass is 10.2. The van der Waals surface area contributed by atoms with Gasteiger partial charge in [-0.1, -0.05) is 11.6 Å². The SMILES string of the molecule is COc1ccc(N(CCC(=O)NCC2CCCO2)C(C)=O)cc1Cl. The summed E-state index contributed by atoms with van der Waals surface area (Å²) >= 11 is 6.11. The van der Waals surface area contributed by atoms with Crippen molar-refractivity contribution in [2.75, 3.05) is 31.7 Å². The molecule has 6 nitrogen and oxygen atoms in total. The van der Waals surface area contributed by atoms with E-state index >= 15 is 0 Å². The van der Waals surface area contributed by atoms with E-state index in [1.807, 2.05) is 0 Å². The normalized spacial score (nSPS) is 16.7. The Balaban J connectivity index is 1.89. The predicted molar refractivity (Wildman–Crippen MR) is 92.6 cm³/mol. The van der Waals surface area contributed by atoms with Crippen molar-refractivity contribution in [2.24, 2.45) is 0 Å². The lowest BCUT2D eigenvalue weighted by molar-refractivity contribution is -0.121. The summed E-state index contributed by atoms with van der Waals surface area (Å²) in [5.74, 6) is 0.290. The fraction of sp³-hybridized carbons (Fsp3) is 0.529. The number of anilines is 1. The molecule has 132 valence electrons. The van der Waals surface area contributed by atoms with Gasteiger partial charge in [0.25, 0.3) is 0 Å². The molecule has 1 N–H and O–H groups in total. The molecule has 0 radical (unpaired) electrons. The number of carbonyl (C=O) groups is 2. The molecule has 1 unspecified atom stereocenters. The average molecular weight is 355 g/mol. The molecule has 24 heavy (non-hydrogen) atoms. The second kappa shape index (κ2) is 8.89. The average Bonchev–Trinajstić information content (AvgIpc) is 3.06. The Morgan fingerprint density at radius 1 is 1.46 bits per heavy atom. The number of hydrogen-bond donors (Lipinski definition) is 1. The van der Waals surface area contributed by atoms with Crippen LogP contribution in [0, 0.1) is 0 Å². The molecule has 1 aromatic carbocycles. The first-order chi connectivity index (χ1) is 11.5. The highest BCUT2D eigenvalue weighted by Gasteiger charge is 2.18. The van der Waals surface area contributed by atoms with Crippen LogP contribution in [-0.2, 0) is 14.3 Å². The van der Waals surface area contributed by atoms with Gasteiger partial charge in [0, 0.05) is 38.7 Å². The summed E-state index contributed by atoms with van der Waals surface area (Å²) in [5.41, 5.74) is 0.639. The highest BCUT2D eigenvalue weighted by atomic mass is 35.5. The van der Waals surface area contributed by atoms with Crippen LogP contribution in [0.1, 0.15) is 26.2 Å². The van der Waals surface area contributed by atoms with Gasteiger partial charge in [0.1, 0.15) is 5.75 Å². The Kier molecular flexibility index (Phi) is 6.87. The molecular formula is C17H23ClN2O4. The van der Waals surface area contributed by atoms with E-state index in [9.17, 15) is 9.59 Å². The molecule has 2 rings (SSSR count). The van der Waals surface area contributed by atoms with Crippen LogP contribution in [0.2, 0.25) is 5.02 Å². The molecule has 2 amide bonds. The van der Waals surface area contributed by atoms with Crippen LogP contribution in [0.3, 0.4) is 0 Å². The first kappa shape index (κ1) is 18.5. The fourth-order valence-electron chi connectivity index (χ4n) is 2.63. The third kappa shape index (κ3) is 5.11. The summed E-state index contributed by atoms with van der Waals surface area (Å²) < 4.78 is 10.6. The van der Waals surface area contributed by atoms with E-state index in [4.69, 9.17) is 21.1 Å². The summed E-state index contributed by atoms with van der Waals surface area (Å²) in [5, 5.41) is 3.27. The van der Waals surface area contributed by atoms with Gasteiger partial charge in [-0.3, -0.25) is 9.59 Å². The van der Waals surface area contributed by atoms with Crippen molar-refractivity contribution >= 4 is 29.1 Å². The van der Waals surface area contributed by atoms with Crippen LogP contribution < -0.4 is 15.0 Å². The molecule has 1 aromatic rings. The Bertz CT molecular complexity index is 588. The Morgan fingerprint density at radius 3 is 2.83 bits per heavy atom. The number of benzene rings is 1. The molecule has 1 atom stereocenters. The molecule has 0 aromatic heterocycles. The van der Waals surface area contributed by atoms with Crippen LogP contribution in [0.15, 0.2) is 18.2 Å². The van der Waals surface area contributed by atoms with E-state index in [0.717, 1.165) is 19.4 Å². The summed E-state index contributed by atoms with van der Waals surface area (Å²) in [6.07, 6.45) is 2.34. The van der Waals surface area contributed by atoms with Gasteiger partial charge in [0.2, 0.25) is 11.8 Å². The molecule has 0 bridgehead atoms. The number of carbonyl (C=O) groups excluding carboxylic acids is 2. The molecule has 0 spiro atoms. The highest BCUT2D eigenvalue weighted by molar-refractivity contribution is 6.32. The van der Waals surface area contributed by atoms with Crippen LogP contribution >= 0.6 is 11.6 Å². The first-order valence-corrected chi connectivity index (χ1v) is 8.39. The van der Waals surface area contributed by atoms with E-state index in [1.54, 1.807) is 18.2 Å². The molecule has 0 aliphatic carbocycles. The van der Waals surface area contributed by atoms with E-state index in [2.05, 4.69) is 5.32 Å². The fourth-order valence-corrected chi connectivity index (χ4v) is 2.88. The molecule has 7 heteroatoms. The van der Waals surface area contributed by atoms with Gasteiger partial charge in [0.05, 0.1) is 18.2 Å². The zero-order valence-electron chi connectivity index (χ0n) is 14.0. The van der Waals surface area contributed by atoms with Crippen molar-refractivity contribution in [1.82, 2.24) is 5.32 Å². The van der Waals surface area contributed by atoms with Crippen molar-refractivity contribution in [3.63, 3.8) is 0 Å². The van der Waals surface area contributed by atoms with Crippen molar-refractivity contribution in [2.45, 2.75) is 32.3 Å². The predicted octanol–water partition coefficient (Wildman–Crippen LogP) is 2.39. The lowest BCUT2D eigenvalue weighted by Gasteiger charge is -2.22. The van der Waals surface area contributed by atoms with Gasteiger partial charge in [-0.05, 0) is 31.0 Å². The lowest BCUT2D eigenvalue weighted by Crippen LogP contribution is -2.36. The van der Waals surface area contributed by atoms with Gasteiger partial charge in [-0.2, -0.15) is 0 Å². The van der Waals surface area contributed by atoms with Crippen molar-refractivity contribution < 1.29 is 19.1 Å². The highest BCUT2D eigenvalue weighted by Crippen LogP contribution is 2.29. The zero-order valence-corrected chi connectivity index (χ0v) is 14.8. The third-order valence-electron chi connectivity index (χ3n) is 3.94. The maximum absolute atomic E-state index is 12.0. The number of ether oxygens (including phenoxy) is 2. The molecule has 1 aliphatic rings. The van der Waals surface area contributed by atoms with E-state index in [-0.39, 0.29) is 30.9 Å². The number of rotatable bonds is 7. The molecule has 1 saturated heterocycles. The van der Waals surface area contributed by atoms with Gasteiger partial charge in [0.15, 0.2) is 0 Å². The van der Waals surface area contributed by atoms with Gasteiger partial charge < -0.3 is 19.7 Å². The van der Waals surface area contributed by atoms with E-state index < -0.39 is 0 Å². The number of amides is 2. The van der Waals surface area contributed by atoms with E-state index in [0.29, 0.717) is 23.0 Å². The number of methoxy groups -OCH3 is 1. The minimum atomic E-state index is -0.150. The minimum absolute atomic E-state index is 0.101. The number of halogens is 1. The second-order valence-electron chi connectivity index (χ2n) is 5.68. The Labute approximate surface area is 147 Å². The Hall–Kier alpha value is -1.79. The van der Waals surface area contributed by atoms with Gasteiger partial charge >= 0.3 is 0 Å². The van der Waals surface area contributed by atoms with Gasteiger partial charge in [-0.25, -0.2) is 0 Å². The van der Waals surface area contributed by atoms with Crippen LogP contribution in [-0.4, -0.2) is 44.7 Å². The monoisotopic (exact) mass is 354 g/mol. The topological polar surface area (TPSA) is 67.9 Å². The molecule has 1 heterocycles. The van der Waals surface area contributed by atoms with Crippen molar-refractivity contribution in [1.29, 1.82) is 0 Å². The van der Waals surface area contributed by atoms with Crippen LogP contribution in [0.4, 0.5) is 5.69 Å². The van der Waals surface area contributed by atoms with Crippen molar-refractivity contribution in [3.05, 3.63) is 23.2 Å². The largest absolute Gasteiger partial charge is 0.495 e. The maximum Gasteiger partial charge on any atom is 0.223 e. The smallest absolute Gasteiger partial charge is 0.223 e. The summed E-state index contributed by atoms with van der Waals surface area (Å²) in [7, 11) is 1.53. The van der Waals surface area contributed by atoms with E-state index in [1.165, 1.54) is 18.9 Å². The maximum atomic E-state index is 12.0. The summed E-state index contributed by atoms with van der Waals surface area (Å²) in [6.45, 7) is 3.03. The molecule has 1 aliphatic heterocycles. The number of nitrogens with one attached hydrogen (secondary N) is 1. The van der Waals surface area contributed by atoms with Crippen molar-refractivity contribution in [3.8, 4) is 5.75 Å². The number of hydrogen-bond acceptors (Lipinski definition) is 4. The molecule has 1 fully saturated rings. The minimum Gasteiger partial charge on any atom is -0.495 e.